The first-order valence-corrected chi connectivity index (χ1v) is 8.51. The van der Waals surface area contributed by atoms with E-state index in [2.05, 4.69) is 16.9 Å². The Balaban J connectivity index is 1.54. The Morgan fingerprint density at radius 2 is 1.80 bits per heavy atom. The van der Waals surface area contributed by atoms with Gasteiger partial charge in [-0.05, 0) is 30.2 Å². The molecular weight excluding hydrogens is 316 g/mol. The predicted octanol–water partition coefficient (Wildman–Crippen LogP) is 1.97. The predicted molar refractivity (Wildman–Crippen MR) is 95.9 cm³/mol. The summed E-state index contributed by atoms with van der Waals surface area (Å²) in [5, 5.41) is 0. The Labute approximate surface area is 147 Å². The Morgan fingerprint density at radius 1 is 1.12 bits per heavy atom. The number of aromatic nitrogens is 2. The average molecular weight is 338 g/mol. The van der Waals surface area contributed by atoms with Gasteiger partial charge in [0.05, 0.1) is 18.2 Å². The number of aryl methyl sites for hydroxylation is 1. The molecule has 6 nitrogen and oxygen atoms in total. The molecule has 0 spiro atoms. The number of benzene rings is 1. The summed E-state index contributed by atoms with van der Waals surface area (Å²) in [6.45, 7) is 4.29. The molecule has 2 heterocycles. The van der Waals surface area contributed by atoms with Gasteiger partial charge in [0.2, 0.25) is 5.91 Å². The van der Waals surface area contributed by atoms with Crippen LogP contribution >= 0.6 is 0 Å². The fraction of sp³-hybridized carbons (Fsp3) is 0.316. The number of aromatic amines is 1. The monoisotopic (exact) mass is 338 g/mol. The molecule has 1 aliphatic rings. The van der Waals surface area contributed by atoms with Crippen molar-refractivity contribution in [3.05, 3.63) is 59.7 Å². The summed E-state index contributed by atoms with van der Waals surface area (Å²) in [5.41, 5.74) is 2.71. The Kier molecular flexibility index (Phi) is 5.28. The third-order valence-corrected chi connectivity index (χ3v) is 4.41. The summed E-state index contributed by atoms with van der Waals surface area (Å²) in [4.78, 5) is 35.2. The highest BCUT2D eigenvalue weighted by molar-refractivity contribution is 5.95. The molecule has 2 amide bonds. The highest BCUT2D eigenvalue weighted by Crippen LogP contribution is 2.11. The third-order valence-electron chi connectivity index (χ3n) is 4.41. The Hall–Kier alpha value is -2.89. The number of hydrogen-bond donors (Lipinski definition) is 1. The van der Waals surface area contributed by atoms with Crippen LogP contribution in [0.4, 0.5) is 0 Å². The smallest absolute Gasteiger partial charge is 0.253 e. The van der Waals surface area contributed by atoms with E-state index in [-0.39, 0.29) is 11.8 Å². The molecule has 0 atom stereocenters. The number of hydrogen-bond acceptors (Lipinski definition) is 3. The van der Waals surface area contributed by atoms with Crippen molar-refractivity contribution in [2.45, 2.75) is 13.3 Å². The maximum absolute atomic E-state index is 12.6. The maximum Gasteiger partial charge on any atom is 0.253 e. The average Bonchev–Trinajstić information content (AvgIpc) is 3.19. The number of rotatable bonds is 4. The van der Waals surface area contributed by atoms with Crippen LogP contribution in [0.15, 0.2) is 42.9 Å². The number of carbonyl (C=O) groups is 2. The van der Waals surface area contributed by atoms with Gasteiger partial charge in [-0.1, -0.05) is 19.1 Å². The van der Waals surface area contributed by atoms with Crippen molar-refractivity contribution in [3.63, 3.8) is 0 Å². The van der Waals surface area contributed by atoms with E-state index in [0.717, 1.165) is 12.1 Å². The minimum atomic E-state index is -0.0472. The zero-order chi connectivity index (χ0) is 17.6. The van der Waals surface area contributed by atoms with Gasteiger partial charge in [-0.2, -0.15) is 0 Å². The molecule has 0 unspecified atom stereocenters. The molecule has 0 aliphatic carbocycles. The molecule has 1 saturated heterocycles. The first-order chi connectivity index (χ1) is 12.2. The van der Waals surface area contributed by atoms with Crippen molar-refractivity contribution in [1.82, 2.24) is 19.8 Å². The summed E-state index contributed by atoms with van der Waals surface area (Å²) in [6.07, 6.45) is 7.43. The number of nitrogens with one attached hydrogen (secondary N) is 1. The summed E-state index contributed by atoms with van der Waals surface area (Å²) in [6, 6.07) is 7.75. The molecule has 3 rings (SSSR count). The molecule has 2 aromatic rings. The molecule has 6 heteroatoms. The van der Waals surface area contributed by atoms with Crippen LogP contribution in [0.1, 0.15) is 28.5 Å². The molecule has 0 bridgehead atoms. The van der Waals surface area contributed by atoms with Gasteiger partial charge in [0.1, 0.15) is 0 Å². The molecule has 1 aliphatic heterocycles. The van der Waals surface area contributed by atoms with Crippen LogP contribution in [0.2, 0.25) is 0 Å². The second-order valence-electron chi connectivity index (χ2n) is 6.01. The molecule has 130 valence electrons. The van der Waals surface area contributed by atoms with Crippen molar-refractivity contribution < 1.29 is 9.59 Å². The van der Waals surface area contributed by atoms with Crippen LogP contribution in [-0.4, -0.2) is 57.8 Å². The van der Waals surface area contributed by atoms with Crippen molar-refractivity contribution in [3.8, 4) is 0 Å². The van der Waals surface area contributed by atoms with Crippen LogP contribution in [0.25, 0.3) is 6.08 Å². The SMILES string of the molecule is CCc1ccc(C(=O)N2CCN(C(=O)/C=C/c3cnc[nH]3)CC2)cc1. The number of carbonyl (C=O) groups excluding carboxylic acids is 2. The van der Waals surface area contributed by atoms with Gasteiger partial charge in [0.15, 0.2) is 0 Å². The summed E-state index contributed by atoms with van der Waals surface area (Å²) >= 11 is 0. The van der Waals surface area contributed by atoms with E-state index in [1.54, 1.807) is 23.5 Å². The van der Waals surface area contributed by atoms with Gasteiger partial charge in [0.25, 0.3) is 5.91 Å². The molecule has 1 aromatic heterocycles. The van der Waals surface area contributed by atoms with Crippen LogP contribution in [0, 0.1) is 0 Å². The zero-order valence-electron chi connectivity index (χ0n) is 14.3. The lowest BCUT2D eigenvalue weighted by Crippen LogP contribution is -2.50. The normalized spacial score (nSPS) is 14.9. The highest BCUT2D eigenvalue weighted by atomic mass is 16.2. The van der Waals surface area contributed by atoms with Gasteiger partial charge in [0, 0.05) is 37.8 Å². The second kappa shape index (κ2) is 7.79. The van der Waals surface area contributed by atoms with E-state index < -0.39 is 0 Å². The van der Waals surface area contributed by atoms with Crippen LogP contribution in [-0.2, 0) is 11.2 Å². The third kappa shape index (κ3) is 4.15. The fourth-order valence-corrected chi connectivity index (χ4v) is 2.82. The first-order valence-electron chi connectivity index (χ1n) is 8.51. The number of imidazole rings is 1. The van der Waals surface area contributed by atoms with Crippen molar-refractivity contribution in [2.24, 2.45) is 0 Å². The quantitative estimate of drug-likeness (QED) is 0.867. The second-order valence-corrected chi connectivity index (χ2v) is 6.01. The molecule has 25 heavy (non-hydrogen) atoms. The van der Waals surface area contributed by atoms with Crippen molar-refractivity contribution in [2.75, 3.05) is 26.2 Å². The van der Waals surface area contributed by atoms with Crippen LogP contribution in [0.3, 0.4) is 0 Å². The number of nitrogens with zero attached hydrogens (tertiary/aromatic N) is 3. The molecule has 1 N–H and O–H groups in total. The molecular formula is C19H22N4O2. The van der Waals surface area contributed by atoms with E-state index >= 15 is 0 Å². The summed E-state index contributed by atoms with van der Waals surface area (Å²) < 4.78 is 0. The van der Waals surface area contributed by atoms with Gasteiger partial charge < -0.3 is 14.8 Å². The topological polar surface area (TPSA) is 69.3 Å². The van der Waals surface area contributed by atoms with Gasteiger partial charge in [-0.3, -0.25) is 9.59 Å². The van der Waals surface area contributed by atoms with E-state index in [0.29, 0.717) is 31.7 Å². The lowest BCUT2D eigenvalue weighted by molar-refractivity contribution is -0.127. The first kappa shape index (κ1) is 17.0. The number of amides is 2. The van der Waals surface area contributed by atoms with Crippen LogP contribution < -0.4 is 0 Å². The molecule has 0 radical (unpaired) electrons. The molecule has 1 fully saturated rings. The minimum absolute atomic E-state index is 0.0303. The molecule has 1 aromatic carbocycles. The van der Waals surface area contributed by atoms with E-state index in [9.17, 15) is 9.59 Å². The van der Waals surface area contributed by atoms with Gasteiger partial charge >= 0.3 is 0 Å². The standard InChI is InChI=1S/C19H22N4O2/c1-2-15-3-5-16(6-4-15)19(25)23-11-9-22(10-12-23)18(24)8-7-17-13-20-14-21-17/h3-8,13-14H,2,9-12H2,1H3,(H,20,21)/b8-7+. The highest BCUT2D eigenvalue weighted by Gasteiger charge is 2.23. The lowest BCUT2D eigenvalue weighted by atomic mass is 10.1. The van der Waals surface area contributed by atoms with Crippen molar-refractivity contribution >= 4 is 17.9 Å². The van der Waals surface area contributed by atoms with E-state index in [4.69, 9.17) is 0 Å². The number of piperazine rings is 1. The van der Waals surface area contributed by atoms with Gasteiger partial charge in [-0.15, -0.1) is 0 Å². The minimum Gasteiger partial charge on any atom is -0.345 e. The van der Waals surface area contributed by atoms with Gasteiger partial charge in [-0.25, -0.2) is 4.98 Å². The zero-order valence-corrected chi connectivity index (χ0v) is 14.3. The Morgan fingerprint density at radius 3 is 2.40 bits per heavy atom. The summed E-state index contributed by atoms with van der Waals surface area (Å²) in [5.74, 6) is -0.0169. The maximum atomic E-state index is 12.6. The molecule has 0 saturated carbocycles. The lowest BCUT2D eigenvalue weighted by Gasteiger charge is -2.34. The number of H-pyrrole nitrogens is 1. The summed E-state index contributed by atoms with van der Waals surface area (Å²) in [7, 11) is 0. The van der Waals surface area contributed by atoms with Crippen LogP contribution in [0.5, 0.6) is 0 Å². The Bertz CT molecular complexity index is 742. The van der Waals surface area contributed by atoms with E-state index in [1.165, 1.54) is 11.6 Å². The largest absolute Gasteiger partial charge is 0.345 e. The fourth-order valence-electron chi connectivity index (χ4n) is 2.82. The van der Waals surface area contributed by atoms with E-state index in [1.807, 2.05) is 29.2 Å². The van der Waals surface area contributed by atoms with Crippen molar-refractivity contribution in [1.29, 1.82) is 0 Å².